The number of nitrogens with one attached hydrogen (secondary N) is 1. The zero-order valence-electron chi connectivity index (χ0n) is 9.22. The molecule has 1 N–H and O–H groups in total. The smallest absolute Gasteiger partial charge is 0.0101 e. The predicted molar refractivity (Wildman–Crippen MR) is 56.6 cm³/mol. The predicted octanol–water partition coefficient (Wildman–Crippen LogP) is 2.67. The van der Waals surface area contributed by atoms with Crippen molar-refractivity contribution in [1.29, 1.82) is 0 Å². The Morgan fingerprint density at radius 2 is 1.77 bits per heavy atom. The van der Waals surface area contributed by atoms with E-state index >= 15 is 0 Å². The Hall–Kier alpha value is -0.0400. The molecule has 5 unspecified atom stereocenters. The molecule has 1 aliphatic carbocycles. The number of hydrogen-bond acceptors (Lipinski definition) is 1. The molecule has 0 aromatic rings. The van der Waals surface area contributed by atoms with E-state index in [-0.39, 0.29) is 0 Å². The molecule has 0 aromatic carbocycles. The molecule has 0 aromatic heterocycles. The van der Waals surface area contributed by atoms with Crippen LogP contribution >= 0.6 is 0 Å². The summed E-state index contributed by atoms with van der Waals surface area (Å²) >= 11 is 0. The topological polar surface area (TPSA) is 12.0 Å². The number of piperidine rings is 1. The lowest BCUT2D eigenvalue weighted by Crippen LogP contribution is -2.53. The molecule has 0 bridgehead atoms. The first-order valence-electron chi connectivity index (χ1n) is 5.93. The summed E-state index contributed by atoms with van der Waals surface area (Å²) in [5, 5.41) is 3.73. The van der Waals surface area contributed by atoms with Gasteiger partial charge in [-0.25, -0.2) is 0 Å². The van der Waals surface area contributed by atoms with Gasteiger partial charge in [0.1, 0.15) is 0 Å². The Kier molecular flexibility index (Phi) is 2.64. The Morgan fingerprint density at radius 3 is 2.54 bits per heavy atom. The minimum atomic E-state index is 0.843. The third kappa shape index (κ3) is 1.63. The molecule has 0 radical (unpaired) electrons. The van der Waals surface area contributed by atoms with E-state index in [4.69, 9.17) is 0 Å². The maximum atomic E-state index is 3.73. The molecule has 2 aliphatic rings. The molecule has 76 valence electrons. The molecule has 1 heteroatoms. The summed E-state index contributed by atoms with van der Waals surface area (Å²) in [6, 6.07) is 0.843. The normalized spacial score (nSPS) is 51.5. The molecule has 2 fully saturated rings. The fourth-order valence-electron chi connectivity index (χ4n) is 3.47. The maximum absolute atomic E-state index is 3.73. The van der Waals surface area contributed by atoms with Gasteiger partial charge in [-0.1, -0.05) is 33.6 Å². The summed E-state index contributed by atoms with van der Waals surface area (Å²) in [6.07, 6.45) is 4.32. The Labute approximate surface area is 82.3 Å². The van der Waals surface area contributed by atoms with E-state index in [1.54, 1.807) is 0 Å². The monoisotopic (exact) mass is 181 g/mol. The first kappa shape index (κ1) is 9.51. The summed E-state index contributed by atoms with van der Waals surface area (Å²) in [7, 11) is 0. The van der Waals surface area contributed by atoms with Crippen molar-refractivity contribution in [3.8, 4) is 0 Å². The molecule has 1 saturated heterocycles. The third-order valence-electron chi connectivity index (χ3n) is 4.50. The zero-order chi connectivity index (χ0) is 9.42. The van der Waals surface area contributed by atoms with Crippen LogP contribution in [0.2, 0.25) is 0 Å². The first-order valence-corrected chi connectivity index (χ1v) is 5.93. The van der Waals surface area contributed by atoms with Gasteiger partial charge in [-0.05, 0) is 36.6 Å². The zero-order valence-corrected chi connectivity index (χ0v) is 9.22. The van der Waals surface area contributed by atoms with Crippen molar-refractivity contribution >= 4 is 0 Å². The van der Waals surface area contributed by atoms with E-state index in [0.29, 0.717) is 0 Å². The van der Waals surface area contributed by atoms with Crippen LogP contribution in [-0.2, 0) is 0 Å². The average molecular weight is 181 g/mol. The van der Waals surface area contributed by atoms with Gasteiger partial charge >= 0.3 is 0 Å². The summed E-state index contributed by atoms with van der Waals surface area (Å²) in [5.41, 5.74) is 0. The van der Waals surface area contributed by atoms with E-state index in [1.165, 1.54) is 25.8 Å². The van der Waals surface area contributed by atoms with Crippen molar-refractivity contribution in [2.45, 2.75) is 46.1 Å². The van der Waals surface area contributed by atoms with Gasteiger partial charge in [-0.15, -0.1) is 0 Å². The molecular formula is C12H23N. The third-order valence-corrected chi connectivity index (χ3v) is 4.50. The van der Waals surface area contributed by atoms with Gasteiger partial charge in [-0.2, -0.15) is 0 Å². The van der Waals surface area contributed by atoms with Crippen LogP contribution in [0.1, 0.15) is 40.0 Å². The van der Waals surface area contributed by atoms with E-state index < -0.39 is 0 Å². The second-order valence-corrected chi connectivity index (χ2v) is 5.34. The fraction of sp³-hybridized carbons (Fsp3) is 1.00. The molecule has 0 amide bonds. The highest BCUT2D eigenvalue weighted by atomic mass is 14.9. The van der Waals surface area contributed by atoms with E-state index in [1.807, 2.05) is 0 Å². The van der Waals surface area contributed by atoms with Crippen LogP contribution in [0.3, 0.4) is 0 Å². The lowest BCUT2D eigenvalue weighted by Gasteiger charge is -2.47. The van der Waals surface area contributed by atoms with Crippen molar-refractivity contribution < 1.29 is 0 Å². The van der Waals surface area contributed by atoms with Crippen molar-refractivity contribution in [2.75, 3.05) is 6.54 Å². The van der Waals surface area contributed by atoms with Crippen molar-refractivity contribution in [1.82, 2.24) is 5.32 Å². The fourth-order valence-corrected chi connectivity index (χ4v) is 3.47. The van der Waals surface area contributed by atoms with Crippen LogP contribution in [0.25, 0.3) is 0 Å². The first-order chi connectivity index (χ1) is 6.20. The van der Waals surface area contributed by atoms with Crippen LogP contribution in [0.4, 0.5) is 0 Å². The molecule has 1 nitrogen and oxygen atoms in total. The largest absolute Gasteiger partial charge is 0.313 e. The van der Waals surface area contributed by atoms with E-state index in [2.05, 4.69) is 26.1 Å². The second kappa shape index (κ2) is 3.61. The van der Waals surface area contributed by atoms with Crippen molar-refractivity contribution in [3.63, 3.8) is 0 Å². The van der Waals surface area contributed by atoms with Gasteiger partial charge in [-0.3, -0.25) is 0 Å². The van der Waals surface area contributed by atoms with Crippen molar-refractivity contribution in [2.24, 2.45) is 23.7 Å². The van der Waals surface area contributed by atoms with E-state index in [9.17, 15) is 0 Å². The van der Waals surface area contributed by atoms with Crippen LogP contribution in [0, 0.1) is 23.7 Å². The van der Waals surface area contributed by atoms with E-state index in [0.717, 1.165) is 29.7 Å². The summed E-state index contributed by atoms with van der Waals surface area (Å²) in [6.45, 7) is 8.56. The molecule has 2 rings (SSSR count). The summed E-state index contributed by atoms with van der Waals surface area (Å²) in [5.74, 6) is 3.71. The van der Waals surface area contributed by atoms with Gasteiger partial charge < -0.3 is 5.32 Å². The molecule has 1 saturated carbocycles. The molecule has 0 spiro atoms. The van der Waals surface area contributed by atoms with Crippen LogP contribution in [-0.4, -0.2) is 12.6 Å². The second-order valence-electron chi connectivity index (χ2n) is 5.34. The van der Waals surface area contributed by atoms with Gasteiger partial charge in [0, 0.05) is 6.04 Å². The standard InChI is InChI=1S/C12H23N/c1-8-5-4-6-11-12(8)10(3)9(2)7-13-11/h8-13H,4-7H2,1-3H3. The lowest BCUT2D eigenvalue weighted by molar-refractivity contribution is 0.0632. The Morgan fingerprint density at radius 1 is 1.00 bits per heavy atom. The van der Waals surface area contributed by atoms with Crippen molar-refractivity contribution in [3.05, 3.63) is 0 Å². The van der Waals surface area contributed by atoms with Crippen LogP contribution in [0.15, 0.2) is 0 Å². The Bertz CT molecular complexity index is 176. The minimum Gasteiger partial charge on any atom is -0.313 e. The quantitative estimate of drug-likeness (QED) is 0.606. The number of rotatable bonds is 0. The highest BCUT2D eigenvalue weighted by Crippen LogP contribution is 2.40. The van der Waals surface area contributed by atoms with Gasteiger partial charge in [0.05, 0.1) is 0 Å². The van der Waals surface area contributed by atoms with Gasteiger partial charge in [0.15, 0.2) is 0 Å². The van der Waals surface area contributed by atoms with Crippen LogP contribution in [0.5, 0.6) is 0 Å². The summed E-state index contributed by atoms with van der Waals surface area (Å²) in [4.78, 5) is 0. The number of fused-ring (bicyclic) bond motifs is 1. The molecule has 1 heterocycles. The van der Waals surface area contributed by atoms with Gasteiger partial charge in [0.2, 0.25) is 0 Å². The average Bonchev–Trinajstić information content (AvgIpc) is 2.12. The highest BCUT2D eigenvalue weighted by molar-refractivity contribution is 4.93. The summed E-state index contributed by atoms with van der Waals surface area (Å²) < 4.78 is 0. The molecular weight excluding hydrogens is 158 g/mol. The lowest BCUT2D eigenvalue weighted by atomic mass is 9.65. The molecule has 5 atom stereocenters. The molecule has 13 heavy (non-hydrogen) atoms. The SMILES string of the molecule is CC1CNC2CCCC(C)C2C1C. The van der Waals surface area contributed by atoms with Gasteiger partial charge in [0.25, 0.3) is 0 Å². The Balaban J connectivity index is 2.10. The highest BCUT2D eigenvalue weighted by Gasteiger charge is 2.39. The molecule has 1 aliphatic heterocycles. The number of hydrogen-bond donors (Lipinski definition) is 1. The van der Waals surface area contributed by atoms with Crippen LogP contribution < -0.4 is 5.32 Å². The minimum absolute atomic E-state index is 0.843. The maximum Gasteiger partial charge on any atom is 0.0101 e.